The molecule has 1 aliphatic rings. The summed E-state index contributed by atoms with van der Waals surface area (Å²) >= 11 is 0. The molecule has 1 unspecified atom stereocenters. The lowest BCUT2D eigenvalue weighted by Gasteiger charge is -2.33. The molecule has 0 radical (unpaired) electrons. The lowest BCUT2D eigenvalue weighted by molar-refractivity contribution is 0.211. The summed E-state index contributed by atoms with van der Waals surface area (Å²) in [6.45, 7) is 7.10. The number of nitrogens with one attached hydrogen (secondary N) is 1. The highest BCUT2D eigenvalue weighted by Crippen LogP contribution is 2.12. The van der Waals surface area contributed by atoms with Crippen LogP contribution in [0, 0.1) is 0 Å². The van der Waals surface area contributed by atoms with Gasteiger partial charge in [0.15, 0.2) is 0 Å². The van der Waals surface area contributed by atoms with Crippen LogP contribution in [0.3, 0.4) is 0 Å². The minimum atomic E-state index is 0.742. The van der Waals surface area contributed by atoms with Gasteiger partial charge in [-0.05, 0) is 39.3 Å². The van der Waals surface area contributed by atoms with E-state index in [0.717, 1.165) is 12.1 Å². The molecule has 0 bridgehead atoms. The molecule has 1 fully saturated rings. The van der Waals surface area contributed by atoms with E-state index in [2.05, 4.69) is 31.1 Å². The van der Waals surface area contributed by atoms with Gasteiger partial charge in [0.1, 0.15) is 0 Å². The molecule has 0 aliphatic carbocycles. The monoisotopic (exact) mass is 212 g/mol. The molecule has 1 N–H and O–H groups in total. The van der Waals surface area contributed by atoms with E-state index >= 15 is 0 Å². The fourth-order valence-corrected chi connectivity index (χ4v) is 2.64. The highest BCUT2D eigenvalue weighted by molar-refractivity contribution is 4.80. The highest BCUT2D eigenvalue weighted by Gasteiger charge is 2.19. The summed E-state index contributed by atoms with van der Waals surface area (Å²) in [6.07, 6.45) is 8.02. The Morgan fingerprint density at radius 1 is 1.27 bits per heavy atom. The van der Waals surface area contributed by atoms with Crippen LogP contribution in [-0.4, -0.2) is 37.1 Å². The largest absolute Gasteiger partial charge is 0.310 e. The lowest BCUT2D eigenvalue weighted by Crippen LogP contribution is -2.47. The molecule has 0 aromatic heterocycles. The molecule has 1 atom stereocenters. The Balaban J connectivity index is 2.28. The molecule has 15 heavy (non-hydrogen) atoms. The Bertz CT molecular complexity index is 150. The Morgan fingerprint density at radius 2 is 1.93 bits per heavy atom. The fourth-order valence-electron chi connectivity index (χ4n) is 2.64. The summed E-state index contributed by atoms with van der Waals surface area (Å²) in [5, 5.41) is 3.85. The maximum absolute atomic E-state index is 3.85. The topological polar surface area (TPSA) is 15.3 Å². The van der Waals surface area contributed by atoms with Crippen LogP contribution in [0.5, 0.6) is 0 Å². The van der Waals surface area contributed by atoms with Gasteiger partial charge in [0.2, 0.25) is 0 Å². The number of likely N-dealkylation sites (N-methyl/N-ethyl adjacent to an activating group) is 1. The van der Waals surface area contributed by atoms with Crippen molar-refractivity contribution in [3.8, 4) is 0 Å². The number of hydrogen-bond acceptors (Lipinski definition) is 2. The highest BCUT2D eigenvalue weighted by atomic mass is 15.1. The molecule has 1 rings (SSSR count). The van der Waals surface area contributed by atoms with Crippen LogP contribution in [0.1, 0.15) is 52.4 Å². The molecule has 2 heteroatoms. The molecular formula is C13H28N2. The third-order valence-electron chi connectivity index (χ3n) is 3.37. The third-order valence-corrected chi connectivity index (χ3v) is 3.37. The summed E-state index contributed by atoms with van der Waals surface area (Å²) in [7, 11) is 2.24. The Labute approximate surface area is 95.4 Å². The first-order chi connectivity index (χ1) is 7.26. The Hall–Kier alpha value is -0.0800. The zero-order valence-corrected chi connectivity index (χ0v) is 10.8. The average Bonchev–Trinajstić information content (AvgIpc) is 2.18. The van der Waals surface area contributed by atoms with Crippen molar-refractivity contribution in [2.75, 3.05) is 20.1 Å². The molecule has 0 aromatic carbocycles. The van der Waals surface area contributed by atoms with Crippen molar-refractivity contribution in [2.45, 2.75) is 64.5 Å². The second-order valence-corrected chi connectivity index (χ2v) is 5.04. The second kappa shape index (κ2) is 7.24. The normalized spacial score (nSPS) is 23.6. The first kappa shape index (κ1) is 13.0. The maximum Gasteiger partial charge on any atom is 0.0197 e. The van der Waals surface area contributed by atoms with Gasteiger partial charge in [-0.1, -0.05) is 26.7 Å². The summed E-state index contributed by atoms with van der Waals surface area (Å²) in [5.41, 5.74) is 0. The van der Waals surface area contributed by atoms with Crippen molar-refractivity contribution in [1.82, 2.24) is 10.2 Å². The minimum Gasteiger partial charge on any atom is -0.310 e. The first-order valence-electron chi connectivity index (χ1n) is 6.70. The number of rotatable bonds is 6. The summed E-state index contributed by atoms with van der Waals surface area (Å²) in [6, 6.07) is 1.50. The Kier molecular flexibility index (Phi) is 6.26. The minimum absolute atomic E-state index is 0.742. The number of nitrogens with zero attached hydrogens (tertiary/aromatic N) is 1. The predicted octanol–water partition coefficient (Wildman–Crippen LogP) is 2.64. The fraction of sp³-hybridized carbons (Fsp3) is 1.00. The molecule has 0 saturated carbocycles. The third kappa shape index (κ3) is 4.98. The summed E-state index contributed by atoms with van der Waals surface area (Å²) in [4.78, 5) is 2.45. The van der Waals surface area contributed by atoms with Crippen LogP contribution in [0.25, 0.3) is 0 Å². The van der Waals surface area contributed by atoms with E-state index in [4.69, 9.17) is 0 Å². The van der Waals surface area contributed by atoms with Gasteiger partial charge in [0.05, 0.1) is 0 Å². The number of hydrogen-bond donors (Lipinski definition) is 1. The molecule has 0 spiro atoms. The zero-order chi connectivity index (χ0) is 11.1. The molecule has 0 amide bonds. The van der Waals surface area contributed by atoms with Gasteiger partial charge in [0.25, 0.3) is 0 Å². The van der Waals surface area contributed by atoms with Crippen molar-refractivity contribution in [3.63, 3.8) is 0 Å². The van der Waals surface area contributed by atoms with Crippen LogP contribution in [-0.2, 0) is 0 Å². The second-order valence-electron chi connectivity index (χ2n) is 5.04. The summed E-state index contributed by atoms with van der Waals surface area (Å²) < 4.78 is 0. The van der Waals surface area contributed by atoms with E-state index in [9.17, 15) is 0 Å². The maximum atomic E-state index is 3.85. The van der Waals surface area contributed by atoms with Gasteiger partial charge in [-0.25, -0.2) is 0 Å². The number of piperidine rings is 1. The van der Waals surface area contributed by atoms with Gasteiger partial charge in [0, 0.05) is 18.6 Å². The van der Waals surface area contributed by atoms with Crippen molar-refractivity contribution in [2.24, 2.45) is 0 Å². The van der Waals surface area contributed by atoms with Gasteiger partial charge in [-0.2, -0.15) is 0 Å². The Morgan fingerprint density at radius 3 is 2.47 bits per heavy atom. The van der Waals surface area contributed by atoms with Crippen LogP contribution in [0.15, 0.2) is 0 Å². The standard InChI is InChI=1S/C13H28N2/c1-4-7-12(8-5-2)14-13-9-6-10-15(3)11-13/h12-14H,4-11H2,1-3H3. The van der Waals surface area contributed by atoms with E-state index in [-0.39, 0.29) is 0 Å². The SMILES string of the molecule is CCCC(CCC)NC1CCCN(C)C1. The van der Waals surface area contributed by atoms with Gasteiger partial charge in [-0.3, -0.25) is 0 Å². The number of likely N-dealkylation sites (tertiary alicyclic amines) is 1. The van der Waals surface area contributed by atoms with Crippen LogP contribution in [0.2, 0.25) is 0 Å². The molecule has 0 aromatic rings. The van der Waals surface area contributed by atoms with Crippen molar-refractivity contribution in [3.05, 3.63) is 0 Å². The van der Waals surface area contributed by atoms with E-state index < -0.39 is 0 Å². The van der Waals surface area contributed by atoms with Crippen LogP contribution < -0.4 is 5.32 Å². The molecule has 2 nitrogen and oxygen atoms in total. The van der Waals surface area contributed by atoms with Crippen LogP contribution in [0.4, 0.5) is 0 Å². The van der Waals surface area contributed by atoms with Crippen molar-refractivity contribution in [1.29, 1.82) is 0 Å². The van der Waals surface area contributed by atoms with Crippen molar-refractivity contribution >= 4 is 0 Å². The van der Waals surface area contributed by atoms with Gasteiger partial charge >= 0.3 is 0 Å². The first-order valence-corrected chi connectivity index (χ1v) is 6.70. The summed E-state index contributed by atoms with van der Waals surface area (Å²) in [5.74, 6) is 0. The molecule has 1 saturated heterocycles. The van der Waals surface area contributed by atoms with E-state index in [0.29, 0.717) is 0 Å². The molecule has 90 valence electrons. The average molecular weight is 212 g/mol. The smallest absolute Gasteiger partial charge is 0.0197 e. The molecular weight excluding hydrogens is 184 g/mol. The quantitative estimate of drug-likeness (QED) is 0.728. The van der Waals surface area contributed by atoms with Crippen LogP contribution >= 0.6 is 0 Å². The van der Waals surface area contributed by atoms with Gasteiger partial charge in [-0.15, -0.1) is 0 Å². The van der Waals surface area contributed by atoms with Gasteiger partial charge < -0.3 is 10.2 Å². The lowest BCUT2D eigenvalue weighted by atomic mass is 10.0. The van der Waals surface area contributed by atoms with E-state index in [1.54, 1.807) is 0 Å². The molecule has 1 heterocycles. The van der Waals surface area contributed by atoms with E-state index in [1.165, 1.54) is 51.6 Å². The predicted molar refractivity (Wildman–Crippen MR) is 67.3 cm³/mol. The van der Waals surface area contributed by atoms with Crippen molar-refractivity contribution < 1.29 is 0 Å². The zero-order valence-electron chi connectivity index (χ0n) is 10.8. The molecule has 1 aliphatic heterocycles. The van der Waals surface area contributed by atoms with E-state index in [1.807, 2.05) is 0 Å².